The molecule has 1 aliphatic heterocycles. The molecule has 0 amide bonds. The van der Waals surface area contributed by atoms with Crippen LogP contribution in [0.2, 0.25) is 0 Å². The van der Waals surface area contributed by atoms with Gasteiger partial charge in [-0.3, -0.25) is 4.90 Å². The number of nitrogens with zero attached hydrogens (tertiary/aromatic N) is 3. The highest BCUT2D eigenvalue weighted by atomic mass is 19.1. The summed E-state index contributed by atoms with van der Waals surface area (Å²) in [5.41, 5.74) is 0.619. The molecule has 4 nitrogen and oxygen atoms in total. The second-order valence-electron chi connectivity index (χ2n) is 4.84. The number of benzene rings is 1. The molecule has 19 heavy (non-hydrogen) atoms. The van der Waals surface area contributed by atoms with E-state index in [0.29, 0.717) is 12.1 Å². The molecule has 1 N–H and O–H groups in total. The van der Waals surface area contributed by atoms with E-state index in [4.69, 9.17) is 0 Å². The lowest BCUT2D eigenvalue weighted by Gasteiger charge is -2.29. The van der Waals surface area contributed by atoms with E-state index in [1.165, 1.54) is 12.1 Å². The summed E-state index contributed by atoms with van der Waals surface area (Å²) in [5, 5.41) is 10.2. The van der Waals surface area contributed by atoms with Crippen LogP contribution >= 0.6 is 0 Å². The van der Waals surface area contributed by atoms with Crippen molar-refractivity contribution in [3.63, 3.8) is 0 Å². The number of aliphatic hydroxyl groups is 1. The molecule has 0 saturated carbocycles. The third kappa shape index (κ3) is 2.67. The summed E-state index contributed by atoms with van der Waals surface area (Å²) < 4.78 is 15.2. The molecule has 3 rings (SSSR count). The van der Waals surface area contributed by atoms with Crippen LogP contribution in [0.1, 0.15) is 17.5 Å². The van der Waals surface area contributed by atoms with E-state index in [1.54, 1.807) is 18.3 Å². The van der Waals surface area contributed by atoms with Gasteiger partial charge in [0, 0.05) is 32.0 Å². The van der Waals surface area contributed by atoms with E-state index >= 15 is 0 Å². The SMILES string of the molecule is OC(CN1CCn2ccnc2C1)c1cccc(F)c1. The Morgan fingerprint density at radius 1 is 1.37 bits per heavy atom. The number of rotatable bonds is 3. The van der Waals surface area contributed by atoms with Crippen LogP contribution in [0.25, 0.3) is 0 Å². The molecule has 1 aromatic heterocycles. The van der Waals surface area contributed by atoms with Crippen molar-refractivity contribution in [3.8, 4) is 0 Å². The first-order valence-electron chi connectivity index (χ1n) is 6.38. The molecule has 1 atom stereocenters. The maximum absolute atomic E-state index is 13.1. The minimum absolute atomic E-state index is 0.314. The van der Waals surface area contributed by atoms with E-state index in [9.17, 15) is 9.50 Å². The van der Waals surface area contributed by atoms with Crippen LogP contribution in [0.3, 0.4) is 0 Å². The third-order valence-electron chi connectivity index (χ3n) is 3.49. The van der Waals surface area contributed by atoms with Gasteiger partial charge in [0.2, 0.25) is 0 Å². The van der Waals surface area contributed by atoms with Gasteiger partial charge in [0.05, 0.1) is 12.6 Å². The predicted octanol–water partition coefficient (Wildman–Crippen LogP) is 1.57. The van der Waals surface area contributed by atoms with Crippen LogP contribution in [0.4, 0.5) is 4.39 Å². The van der Waals surface area contributed by atoms with E-state index < -0.39 is 6.10 Å². The highest BCUT2D eigenvalue weighted by Crippen LogP contribution is 2.18. The second kappa shape index (κ2) is 5.11. The van der Waals surface area contributed by atoms with Crippen molar-refractivity contribution in [2.24, 2.45) is 0 Å². The molecule has 0 bridgehead atoms. The van der Waals surface area contributed by atoms with E-state index in [-0.39, 0.29) is 5.82 Å². The quantitative estimate of drug-likeness (QED) is 0.912. The summed E-state index contributed by atoms with van der Waals surface area (Å²) in [7, 11) is 0. The van der Waals surface area contributed by atoms with Gasteiger partial charge in [-0.15, -0.1) is 0 Å². The van der Waals surface area contributed by atoms with Gasteiger partial charge in [0.25, 0.3) is 0 Å². The summed E-state index contributed by atoms with van der Waals surface area (Å²) in [6.07, 6.45) is 3.09. The maximum atomic E-state index is 13.1. The van der Waals surface area contributed by atoms with Crippen LogP contribution in [0.15, 0.2) is 36.7 Å². The van der Waals surface area contributed by atoms with Crippen molar-refractivity contribution in [1.29, 1.82) is 0 Å². The van der Waals surface area contributed by atoms with Gasteiger partial charge in [0.1, 0.15) is 11.6 Å². The zero-order chi connectivity index (χ0) is 13.2. The van der Waals surface area contributed by atoms with Crippen LogP contribution < -0.4 is 0 Å². The lowest BCUT2D eigenvalue weighted by atomic mass is 10.1. The Labute approximate surface area is 111 Å². The highest BCUT2D eigenvalue weighted by Gasteiger charge is 2.19. The molecule has 100 valence electrons. The predicted molar refractivity (Wildman–Crippen MR) is 68.9 cm³/mol. The second-order valence-corrected chi connectivity index (χ2v) is 4.84. The Balaban J connectivity index is 1.66. The Morgan fingerprint density at radius 2 is 2.26 bits per heavy atom. The molecule has 5 heteroatoms. The average molecular weight is 261 g/mol. The minimum atomic E-state index is -0.669. The number of halogens is 1. The van der Waals surface area contributed by atoms with Crippen molar-refractivity contribution in [2.45, 2.75) is 19.2 Å². The van der Waals surface area contributed by atoms with Gasteiger partial charge < -0.3 is 9.67 Å². The van der Waals surface area contributed by atoms with Crippen molar-refractivity contribution in [3.05, 3.63) is 53.9 Å². The average Bonchev–Trinajstić information content (AvgIpc) is 2.86. The first-order chi connectivity index (χ1) is 9.22. The van der Waals surface area contributed by atoms with Gasteiger partial charge in [-0.1, -0.05) is 12.1 Å². The summed E-state index contributed by atoms with van der Waals surface area (Å²) in [6, 6.07) is 6.14. The molecule has 2 heterocycles. The lowest BCUT2D eigenvalue weighted by molar-refractivity contribution is 0.0960. The third-order valence-corrected chi connectivity index (χ3v) is 3.49. The number of β-amino-alcohol motifs (C(OH)–C–C–N with tert-alkyl or cyclic N) is 1. The zero-order valence-electron chi connectivity index (χ0n) is 10.5. The van der Waals surface area contributed by atoms with Crippen LogP contribution in [0.5, 0.6) is 0 Å². The fourth-order valence-corrected chi connectivity index (χ4v) is 2.44. The monoisotopic (exact) mass is 261 g/mol. The van der Waals surface area contributed by atoms with Crippen molar-refractivity contribution < 1.29 is 9.50 Å². The van der Waals surface area contributed by atoms with Gasteiger partial charge in [-0.25, -0.2) is 9.37 Å². The molecule has 1 aromatic carbocycles. The van der Waals surface area contributed by atoms with Crippen molar-refractivity contribution in [1.82, 2.24) is 14.5 Å². The molecule has 1 unspecified atom stereocenters. The maximum Gasteiger partial charge on any atom is 0.123 e. The summed E-state index contributed by atoms with van der Waals surface area (Å²) in [5.74, 6) is 0.698. The fourth-order valence-electron chi connectivity index (χ4n) is 2.44. The molecular weight excluding hydrogens is 245 g/mol. The number of aromatic nitrogens is 2. The largest absolute Gasteiger partial charge is 0.387 e. The Hall–Kier alpha value is -1.72. The zero-order valence-corrected chi connectivity index (χ0v) is 10.5. The molecule has 0 radical (unpaired) electrons. The molecule has 0 spiro atoms. The number of fused-ring (bicyclic) bond motifs is 1. The molecule has 2 aromatic rings. The number of hydrogen-bond donors (Lipinski definition) is 1. The van der Waals surface area contributed by atoms with Gasteiger partial charge in [0.15, 0.2) is 0 Å². The van der Waals surface area contributed by atoms with E-state index in [2.05, 4.69) is 14.5 Å². The molecule has 0 aliphatic carbocycles. The van der Waals surface area contributed by atoms with Gasteiger partial charge >= 0.3 is 0 Å². The normalized spacial score (nSPS) is 17.2. The van der Waals surface area contributed by atoms with Gasteiger partial charge in [-0.2, -0.15) is 0 Å². The van der Waals surface area contributed by atoms with Crippen molar-refractivity contribution in [2.75, 3.05) is 13.1 Å². The smallest absolute Gasteiger partial charge is 0.123 e. The minimum Gasteiger partial charge on any atom is -0.387 e. The van der Waals surface area contributed by atoms with Crippen LogP contribution in [-0.4, -0.2) is 32.6 Å². The first-order valence-corrected chi connectivity index (χ1v) is 6.38. The summed E-state index contributed by atoms with van der Waals surface area (Å²) in [6.45, 7) is 2.97. The molecule has 0 fully saturated rings. The number of aliphatic hydroxyl groups excluding tert-OH is 1. The Kier molecular flexibility index (Phi) is 3.31. The van der Waals surface area contributed by atoms with Gasteiger partial charge in [-0.05, 0) is 17.7 Å². The summed E-state index contributed by atoms with van der Waals surface area (Å²) >= 11 is 0. The molecule has 1 aliphatic rings. The molecule has 0 saturated heterocycles. The number of imidazole rings is 1. The lowest BCUT2D eigenvalue weighted by Crippen LogP contribution is -2.36. The first kappa shape index (κ1) is 12.3. The van der Waals surface area contributed by atoms with Crippen molar-refractivity contribution >= 4 is 0 Å². The van der Waals surface area contributed by atoms with Crippen LogP contribution in [0, 0.1) is 5.82 Å². The van der Waals surface area contributed by atoms with Crippen LogP contribution in [-0.2, 0) is 13.1 Å². The summed E-state index contributed by atoms with van der Waals surface area (Å²) in [4.78, 5) is 6.42. The Bertz CT molecular complexity index is 569. The molecular formula is C14H16FN3O. The number of hydrogen-bond acceptors (Lipinski definition) is 3. The highest BCUT2D eigenvalue weighted by molar-refractivity contribution is 5.19. The van der Waals surface area contributed by atoms with E-state index in [0.717, 1.165) is 25.5 Å². The fraction of sp³-hybridized carbons (Fsp3) is 0.357. The topological polar surface area (TPSA) is 41.3 Å². The Morgan fingerprint density at radius 3 is 3.11 bits per heavy atom. The van der Waals surface area contributed by atoms with E-state index in [1.807, 2.05) is 6.20 Å². The standard InChI is InChI=1S/C14H16FN3O/c15-12-3-1-2-11(8-12)13(19)9-17-6-7-18-5-4-16-14(18)10-17/h1-5,8,13,19H,6-7,9-10H2.